The number of ether oxygens (including phenoxy) is 1. The molecular formula is C15H20N2O3. The maximum atomic E-state index is 8.93. The van der Waals surface area contributed by atoms with Gasteiger partial charge in [0.05, 0.1) is 13.2 Å². The quantitative estimate of drug-likeness (QED) is 0.715. The van der Waals surface area contributed by atoms with E-state index >= 15 is 0 Å². The van der Waals surface area contributed by atoms with Gasteiger partial charge in [0.2, 0.25) is 0 Å². The zero-order valence-electron chi connectivity index (χ0n) is 11.2. The van der Waals surface area contributed by atoms with Crippen molar-refractivity contribution in [2.75, 3.05) is 13.2 Å². The van der Waals surface area contributed by atoms with Gasteiger partial charge in [-0.15, -0.1) is 0 Å². The third kappa shape index (κ3) is 5.71. The Morgan fingerprint density at radius 2 is 1.55 bits per heavy atom. The van der Waals surface area contributed by atoms with Crippen LogP contribution in [0.25, 0.3) is 0 Å². The Balaban J connectivity index is 0.000000956. The molecule has 0 spiro atoms. The number of aliphatic hydroxyl groups excluding tert-OH is 1. The third-order valence-electron chi connectivity index (χ3n) is 2.61. The van der Waals surface area contributed by atoms with Crippen LogP contribution in [0, 0.1) is 0 Å². The first-order chi connectivity index (χ1) is 9.88. The highest BCUT2D eigenvalue weighted by Gasteiger charge is 1.98. The molecule has 1 heterocycles. The standard InChI is InChI=1S/C15H17NO2.H3NO/c17-13-14-5-7-15(8-6-14)18-12-11-16-9-3-1-2-4-10-16;1-2/h1-10,17H,11-13H2;2H,1H2. The Labute approximate surface area is 118 Å². The van der Waals surface area contributed by atoms with E-state index in [2.05, 4.69) is 10.8 Å². The lowest BCUT2D eigenvalue weighted by Crippen LogP contribution is -2.17. The monoisotopic (exact) mass is 276 g/mol. The summed E-state index contributed by atoms with van der Waals surface area (Å²) < 4.78 is 5.64. The highest BCUT2D eigenvalue weighted by atomic mass is 16.5. The fraction of sp³-hybridized carbons (Fsp3) is 0.200. The van der Waals surface area contributed by atoms with Crippen molar-refractivity contribution in [3.8, 4) is 5.75 Å². The van der Waals surface area contributed by atoms with Gasteiger partial charge in [-0.3, -0.25) is 0 Å². The van der Waals surface area contributed by atoms with Crippen molar-refractivity contribution in [1.82, 2.24) is 4.90 Å². The molecule has 0 saturated carbocycles. The lowest BCUT2D eigenvalue weighted by molar-refractivity contribution is 0.278. The molecule has 0 fully saturated rings. The second-order valence-electron chi connectivity index (χ2n) is 3.96. The van der Waals surface area contributed by atoms with Gasteiger partial charge in [-0.25, -0.2) is 5.90 Å². The van der Waals surface area contributed by atoms with Crippen LogP contribution in [0.15, 0.2) is 61.0 Å². The minimum absolute atomic E-state index is 0.0661. The molecule has 0 amide bonds. The number of allylic oxidation sites excluding steroid dienone is 4. The molecule has 5 nitrogen and oxygen atoms in total. The van der Waals surface area contributed by atoms with Crippen LogP contribution in [0.5, 0.6) is 5.75 Å². The summed E-state index contributed by atoms with van der Waals surface area (Å²) in [5.74, 6) is 4.33. The van der Waals surface area contributed by atoms with Crippen molar-refractivity contribution in [3.63, 3.8) is 0 Å². The number of aliphatic hydroxyl groups is 1. The number of nitrogens with zero attached hydrogens (tertiary/aromatic N) is 1. The summed E-state index contributed by atoms with van der Waals surface area (Å²) in [4.78, 5) is 2.07. The molecule has 0 unspecified atom stereocenters. The highest BCUT2D eigenvalue weighted by molar-refractivity contribution is 5.26. The Morgan fingerprint density at radius 1 is 0.950 bits per heavy atom. The summed E-state index contributed by atoms with van der Waals surface area (Å²) in [5.41, 5.74) is 0.895. The molecule has 0 saturated heterocycles. The van der Waals surface area contributed by atoms with Gasteiger partial charge in [0.25, 0.3) is 0 Å². The molecule has 1 aliphatic heterocycles. The number of hydrogen-bond acceptors (Lipinski definition) is 5. The van der Waals surface area contributed by atoms with Gasteiger partial charge in [-0.2, -0.15) is 0 Å². The van der Waals surface area contributed by atoms with E-state index in [1.165, 1.54) is 0 Å². The molecule has 0 atom stereocenters. The van der Waals surface area contributed by atoms with E-state index < -0.39 is 0 Å². The highest BCUT2D eigenvalue weighted by Crippen LogP contribution is 2.12. The molecule has 0 aliphatic carbocycles. The van der Waals surface area contributed by atoms with E-state index in [9.17, 15) is 0 Å². The van der Waals surface area contributed by atoms with E-state index in [1.807, 2.05) is 61.0 Å². The van der Waals surface area contributed by atoms with Gasteiger partial charge in [0.1, 0.15) is 12.4 Å². The Morgan fingerprint density at radius 3 is 2.10 bits per heavy atom. The maximum absolute atomic E-state index is 8.93. The summed E-state index contributed by atoms with van der Waals surface area (Å²) in [5, 5.41) is 15.4. The topological polar surface area (TPSA) is 79.0 Å². The van der Waals surface area contributed by atoms with E-state index in [0.29, 0.717) is 6.61 Å². The normalized spacial score (nSPS) is 12.7. The number of benzene rings is 1. The molecule has 4 N–H and O–H groups in total. The summed E-state index contributed by atoms with van der Waals surface area (Å²) >= 11 is 0. The zero-order valence-corrected chi connectivity index (χ0v) is 11.2. The van der Waals surface area contributed by atoms with Gasteiger partial charge >= 0.3 is 0 Å². The lowest BCUT2D eigenvalue weighted by Gasteiger charge is -2.15. The van der Waals surface area contributed by atoms with Crippen molar-refractivity contribution < 1.29 is 15.1 Å². The molecular weight excluding hydrogens is 256 g/mol. The summed E-state index contributed by atoms with van der Waals surface area (Å²) in [7, 11) is 0. The van der Waals surface area contributed by atoms with E-state index in [0.717, 1.165) is 17.9 Å². The maximum Gasteiger partial charge on any atom is 0.119 e. The minimum atomic E-state index is 0.0661. The van der Waals surface area contributed by atoms with Crippen LogP contribution in [0.2, 0.25) is 0 Å². The predicted octanol–water partition coefficient (Wildman–Crippen LogP) is 1.79. The van der Waals surface area contributed by atoms with Crippen molar-refractivity contribution in [1.29, 1.82) is 0 Å². The second-order valence-corrected chi connectivity index (χ2v) is 3.96. The van der Waals surface area contributed by atoms with Crippen LogP contribution in [-0.4, -0.2) is 28.4 Å². The molecule has 0 bridgehead atoms. The Bertz CT molecular complexity index is 437. The van der Waals surface area contributed by atoms with Gasteiger partial charge in [-0.05, 0) is 29.8 Å². The van der Waals surface area contributed by atoms with Gasteiger partial charge in [0, 0.05) is 12.4 Å². The molecule has 20 heavy (non-hydrogen) atoms. The fourth-order valence-electron chi connectivity index (χ4n) is 1.61. The zero-order chi connectivity index (χ0) is 14.6. The first-order valence-corrected chi connectivity index (χ1v) is 6.24. The van der Waals surface area contributed by atoms with Crippen LogP contribution in [0.3, 0.4) is 0 Å². The average Bonchev–Trinajstić information content (AvgIpc) is 2.79. The lowest BCUT2D eigenvalue weighted by atomic mass is 10.2. The third-order valence-corrected chi connectivity index (χ3v) is 2.61. The van der Waals surface area contributed by atoms with E-state index in [4.69, 9.17) is 15.1 Å². The van der Waals surface area contributed by atoms with Crippen LogP contribution in [0.4, 0.5) is 0 Å². The fourth-order valence-corrected chi connectivity index (χ4v) is 1.61. The van der Waals surface area contributed by atoms with Crippen LogP contribution < -0.4 is 10.6 Å². The number of nitrogens with two attached hydrogens (primary N) is 1. The molecule has 2 rings (SSSR count). The molecule has 108 valence electrons. The predicted molar refractivity (Wildman–Crippen MR) is 78.0 cm³/mol. The summed E-state index contributed by atoms with van der Waals surface area (Å²) in [6.07, 6.45) is 12.0. The Hall–Kier alpha value is -2.08. The van der Waals surface area contributed by atoms with E-state index in [1.54, 1.807) is 0 Å². The first kappa shape index (κ1) is 16.0. The minimum Gasteiger partial charge on any atom is -0.492 e. The second kappa shape index (κ2) is 9.80. The van der Waals surface area contributed by atoms with Crippen LogP contribution in [0.1, 0.15) is 5.56 Å². The summed E-state index contributed by atoms with van der Waals surface area (Å²) in [6.45, 7) is 1.49. The molecule has 1 aliphatic rings. The molecule has 1 aromatic carbocycles. The smallest absolute Gasteiger partial charge is 0.119 e. The van der Waals surface area contributed by atoms with Crippen molar-refractivity contribution in [3.05, 3.63) is 66.5 Å². The van der Waals surface area contributed by atoms with Gasteiger partial charge < -0.3 is 20.0 Å². The Kier molecular flexibility index (Phi) is 7.83. The van der Waals surface area contributed by atoms with Crippen LogP contribution >= 0.6 is 0 Å². The van der Waals surface area contributed by atoms with Gasteiger partial charge in [0.15, 0.2) is 0 Å². The van der Waals surface area contributed by atoms with E-state index in [-0.39, 0.29) is 6.61 Å². The molecule has 0 radical (unpaired) electrons. The van der Waals surface area contributed by atoms with Crippen molar-refractivity contribution in [2.24, 2.45) is 5.90 Å². The van der Waals surface area contributed by atoms with Crippen molar-refractivity contribution in [2.45, 2.75) is 6.61 Å². The SMILES string of the molecule is NO.OCc1ccc(OCCN2C=CC=CC=C2)cc1. The van der Waals surface area contributed by atoms with Crippen molar-refractivity contribution >= 4 is 0 Å². The first-order valence-electron chi connectivity index (χ1n) is 6.24. The average molecular weight is 276 g/mol. The molecule has 5 heteroatoms. The van der Waals surface area contributed by atoms with Crippen LogP contribution in [-0.2, 0) is 6.61 Å². The van der Waals surface area contributed by atoms with Gasteiger partial charge in [-0.1, -0.05) is 24.3 Å². The summed E-state index contributed by atoms with van der Waals surface area (Å²) in [6, 6.07) is 7.48. The molecule has 1 aromatic rings. The number of rotatable bonds is 5. The largest absolute Gasteiger partial charge is 0.492 e. The number of hydrogen-bond donors (Lipinski definition) is 3. The molecule has 0 aromatic heterocycles.